The summed E-state index contributed by atoms with van der Waals surface area (Å²) in [4.78, 5) is 10.2. The Morgan fingerprint density at radius 3 is 2.55 bits per heavy atom. The molecular weight excluding hydrogens is 204 g/mol. The highest BCUT2D eigenvalue weighted by Crippen LogP contribution is 2.06. The number of hydrogen-bond donors (Lipinski definition) is 0. The van der Waals surface area contributed by atoms with E-state index in [9.17, 15) is 4.79 Å². The van der Waals surface area contributed by atoms with Crippen molar-refractivity contribution in [3.05, 3.63) is 35.9 Å². The van der Waals surface area contributed by atoms with Gasteiger partial charge in [0.15, 0.2) is 0 Å². The molecule has 0 spiro atoms. The van der Waals surface area contributed by atoms with E-state index in [-0.39, 0.29) is 4.83 Å². The van der Waals surface area contributed by atoms with Crippen LogP contribution < -0.4 is 0 Å². The lowest BCUT2D eigenvalue weighted by Gasteiger charge is -2.00. The Hall–Kier alpha value is -0.630. The van der Waals surface area contributed by atoms with Crippen LogP contribution in [0.25, 0.3) is 0 Å². The van der Waals surface area contributed by atoms with Gasteiger partial charge in [0.25, 0.3) is 0 Å². The molecule has 58 valence electrons. The van der Waals surface area contributed by atoms with Crippen LogP contribution in [-0.4, -0.2) is 11.1 Å². The van der Waals surface area contributed by atoms with E-state index in [0.717, 1.165) is 12.7 Å². The minimum Gasteiger partial charge on any atom is -0.302 e. The van der Waals surface area contributed by atoms with E-state index in [1.165, 1.54) is 5.56 Å². The van der Waals surface area contributed by atoms with Crippen LogP contribution in [0.2, 0.25) is 0 Å². The van der Waals surface area contributed by atoms with Crippen LogP contribution in [0.5, 0.6) is 0 Å². The topological polar surface area (TPSA) is 17.1 Å². The van der Waals surface area contributed by atoms with Crippen molar-refractivity contribution in [3.63, 3.8) is 0 Å². The summed E-state index contributed by atoms with van der Waals surface area (Å²) in [5.41, 5.74) is 1.18. The van der Waals surface area contributed by atoms with Crippen LogP contribution in [-0.2, 0) is 11.2 Å². The van der Waals surface area contributed by atoms with Crippen molar-refractivity contribution in [2.75, 3.05) is 0 Å². The predicted molar refractivity (Wildman–Crippen MR) is 48.9 cm³/mol. The predicted octanol–water partition coefficient (Wildman–Crippen LogP) is 2.19. The van der Waals surface area contributed by atoms with E-state index in [2.05, 4.69) is 15.9 Å². The third-order valence-electron chi connectivity index (χ3n) is 1.42. The molecule has 11 heavy (non-hydrogen) atoms. The first-order valence-corrected chi connectivity index (χ1v) is 4.38. The van der Waals surface area contributed by atoms with E-state index in [0.29, 0.717) is 0 Å². The lowest BCUT2D eigenvalue weighted by Crippen LogP contribution is -2.02. The summed E-state index contributed by atoms with van der Waals surface area (Å²) in [5, 5.41) is 0. The number of aldehydes is 1. The maximum atomic E-state index is 10.3. The van der Waals surface area contributed by atoms with Gasteiger partial charge < -0.3 is 4.79 Å². The number of rotatable bonds is 3. The van der Waals surface area contributed by atoms with Crippen molar-refractivity contribution in [2.45, 2.75) is 11.2 Å². The second-order valence-corrected chi connectivity index (χ2v) is 3.52. The fraction of sp³-hybridized carbons (Fsp3) is 0.222. The molecule has 0 aliphatic rings. The van der Waals surface area contributed by atoms with Crippen LogP contribution in [0.4, 0.5) is 0 Å². The van der Waals surface area contributed by atoms with Crippen molar-refractivity contribution < 1.29 is 4.79 Å². The molecule has 1 nitrogen and oxygen atoms in total. The number of alkyl halides is 1. The molecular formula is C9H9BrO. The van der Waals surface area contributed by atoms with Gasteiger partial charge in [0.2, 0.25) is 0 Å². The Bertz CT molecular complexity index is 220. The first-order chi connectivity index (χ1) is 5.33. The first kappa shape index (κ1) is 8.47. The van der Waals surface area contributed by atoms with Crippen molar-refractivity contribution >= 4 is 22.2 Å². The van der Waals surface area contributed by atoms with Crippen LogP contribution in [0, 0.1) is 0 Å². The molecule has 0 radical (unpaired) electrons. The van der Waals surface area contributed by atoms with Gasteiger partial charge in [-0.1, -0.05) is 46.3 Å². The highest BCUT2D eigenvalue weighted by Gasteiger charge is 2.01. The van der Waals surface area contributed by atoms with Gasteiger partial charge in [0.05, 0.1) is 4.83 Å². The summed E-state index contributed by atoms with van der Waals surface area (Å²) in [6, 6.07) is 9.93. The Morgan fingerprint density at radius 2 is 2.00 bits per heavy atom. The monoisotopic (exact) mass is 212 g/mol. The normalized spacial score (nSPS) is 12.5. The van der Waals surface area contributed by atoms with Gasteiger partial charge in [-0.05, 0) is 12.0 Å². The second-order valence-electron chi connectivity index (χ2n) is 2.34. The number of halogens is 1. The quantitative estimate of drug-likeness (QED) is 0.555. The maximum Gasteiger partial charge on any atom is 0.133 e. The summed E-state index contributed by atoms with van der Waals surface area (Å²) in [6.07, 6.45) is 1.68. The zero-order chi connectivity index (χ0) is 8.10. The molecule has 1 rings (SSSR count). The molecule has 0 aliphatic carbocycles. The lowest BCUT2D eigenvalue weighted by molar-refractivity contribution is -0.107. The molecule has 0 aliphatic heterocycles. The summed E-state index contributed by atoms with van der Waals surface area (Å²) >= 11 is 3.25. The van der Waals surface area contributed by atoms with Crippen LogP contribution >= 0.6 is 15.9 Å². The highest BCUT2D eigenvalue weighted by molar-refractivity contribution is 9.09. The molecule has 0 heterocycles. The summed E-state index contributed by atoms with van der Waals surface area (Å²) < 4.78 is 0. The van der Waals surface area contributed by atoms with Gasteiger partial charge in [-0.15, -0.1) is 0 Å². The maximum absolute atomic E-state index is 10.3. The Morgan fingerprint density at radius 1 is 1.36 bits per heavy atom. The summed E-state index contributed by atoms with van der Waals surface area (Å²) in [7, 11) is 0. The average molecular weight is 213 g/mol. The standard InChI is InChI=1S/C9H9BrO/c10-9(7-11)6-8-4-2-1-3-5-8/h1-5,7,9H,6H2/t9-/m0/s1. The molecule has 0 unspecified atom stereocenters. The largest absolute Gasteiger partial charge is 0.302 e. The molecule has 2 heteroatoms. The number of carbonyl (C=O) groups excluding carboxylic acids is 1. The Balaban J connectivity index is 2.57. The molecule has 1 aromatic rings. The highest BCUT2D eigenvalue weighted by atomic mass is 79.9. The van der Waals surface area contributed by atoms with Crippen molar-refractivity contribution in [3.8, 4) is 0 Å². The van der Waals surface area contributed by atoms with E-state index in [1.807, 2.05) is 30.3 Å². The zero-order valence-corrected chi connectivity index (χ0v) is 7.62. The van der Waals surface area contributed by atoms with Crippen LogP contribution in [0.3, 0.4) is 0 Å². The fourth-order valence-corrected chi connectivity index (χ4v) is 1.26. The smallest absolute Gasteiger partial charge is 0.133 e. The van der Waals surface area contributed by atoms with E-state index in [1.54, 1.807) is 0 Å². The molecule has 1 atom stereocenters. The SMILES string of the molecule is O=C[C@@H](Br)Cc1ccccc1. The first-order valence-electron chi connectivity index (χ1n) is 3.46. The van der Waals surface area contributed by atoms with Crippen LogP contribution in [0.15, 0.2) is 30.3 Å². The average Bonchev–Trinajstić information content (AvgIpc) is 2.06. The molecule has 0 saturated carbocycles. The number of carbonyl (C=O) groups is 1. The molecule has 0 bridgehead atoms. The van der Waals surface area contributed by atoms with E-state index < -0.39 is 0 Å². The Labute approximate surface area is 74.6 Å². The minimum absolute atomic E-state index is 0.0510. The summed E-state index contributed by atoms with van der Waals surface area (Å²) in [5.74, 6) is 0. The van der Waals surface area contributed by atoms with Gasteiger partial charge in [-0.25, -0.2) is 0 Å². The molecule has 0 N–H and O–H groups in total. The molecule has 0 fully saturated rings. The van der Waals surface area contributed by atoms with Crippen molar-refractivity contribution in [1.29, 1.82) is 0 Å². The number of hydrogen-bond acceptors (Lipinski definition) is 1. The third kappa shape index (κ3) is 2.85. The molecule has 0 aromatic heterocycles. The van der Waals surface area contributed by atoms with Gasteiger partial charge in [0, 0.05) is 0 Å². The minimum atomic E-state index is -0.0510. The molecule has 1 aromatic carbocycles. The van der Waals surface area contributed by atoms with Gasteiger partial charge >= 0.3 is 0 Å². The van der Waals surface area contributed by atoms with Gasteiger partial charge in [-0.2, -0.15) is 0 Å². The van der Waals surface area contributed by atoms with Gasteiger partial charge in [0.1, 0.15) is 6.29 Å². The molecule has 0 saturated heterocycles. The van der Waals surface area contributed by atoms with E-state index >= 15 is 0 Å². The van der Waals surface area contributed by atoms with Gasteiger partial charge in [-0.3, -0.25) is 0 Å². The third-order valence-corrected chi connectivity index (χ3v) is 1.96. The summed E-state index contributed by atoms with van der Waals surface area (Å²) in [6.45, 7) is 0. The Kier molecular flexibility index (Phi) is 3.30. The lowest BCUT2D eigenvalue weighted by atomic mass is 10.1. The molecule has 0 amide bonds. The second kappa shape index (κ2) is 4.29. The fourth-order valence-electron chi connectivity index (χ4n) is 0.887. The number of benzene rings is 1. The van der Waals surface area contributed by atoms with Crippen molar-refractivity contribution in [2.24, 2.45) is 0 Å². The zero-order valence-electron chi connectivity index (χ0n) is 6.03. The van der Waals surface area contributed by atoms with E-state index in [4.69, 9.17) is 0 Å². The van der Waals surface area contributed by atoms with Crippen LogP contribution in [0.1, 0.15) is 5.56 Å². The van der Waals surface area contributed by atoms with Crippen molar-refractivity contribution in [1.82, 2.24) is 0 Å².